The largest absolute Gasteiger partial charge is 0.262 e. The molecular formula is C5H5F3N2. The zero-order valence-electron chi connectivity index (χ0n) is 4.97. The Morgan fingerprint density at radius 3 is 2.60 bits per heavy atom. The Balaban J connectivity index is 2.49. The fourth-order valence-corrected chi connectivity index (χ4v) is 0.687. The zero-order valence-corrected chi connectivity index (χ0v) is 4.97. The van der Waals surface area contributed by atoms with Gasteiger partial charge in [0.15, 0.2) is 6.34 Å². The van der Waals surface area contributed by atoms with Crippen LogP contribution in [0.15, 0.2) is 4.99 Å². The molecule has 2 radical (unpaired) electrons. The van der Waals surface area contributed by atoms with Gasteiger partial charge < -0.3 is 0 Å². The Kier molecular flexibility index (Phi) is 2.13. The van der Waals surface area contributed by atoms with Gasteiger partial charge in [-0.2, -0.15) is 0 Å². The Hall–Kier alpha value is -0.740. The van der Waals surface area contributed by atoms with Gasteiger partial charge in [0.1, 0.15) is 18.8 Å². The third-order valence-electron chi connectivity index (χ3n) is 1.24. The molecule has 0 aromatic rings. The number of nitrogens with zero attached hydrogens (tertiary/aromatic N) is 2. The lowest BCUT2D eigenvalue weighted by atomic mass is 10.2. The Bertz CT molecular complexity index is 137. The molecule has 2 atom stereocenters. The number of halogens is 3. The van der Waals surface area contributed by atoms with Crippen LogP contribution in [0.25, 0.3) is 0 Å². The van der Waals surface area contributed by atoms with Gasteiger partial charge in [0.05, 0.1) is 0 Å². The minimum Gasteiger partial charge on any atom is -0.255 e. The summed E-state index contributed by atoms with van der Waals surface area (Å²) in [5.41, 5.74) is 0. The molecule has 1 aliphatic rings. The highest BCUT2D eigenvalue weighted by atomic mass is 19.3. The molecule has 0 aromatic carbocycles. The molecule has 56 valence electrons. The molecule has 0 amide bonds. The van der Waals surface area contributed by atoms with Crippen molar-refractivity contribution in [2.45, 2.75) is 18.5 Å². The minimum absolute atomic E-state index is 0.897. The predicted octanol–water partition coefficient (Wildman–Crippen LogP) is 0.482. The summed E-state index contributed by atoms with van der Waals surface area (Å²) < 4.78 is 35.4. The Labute approximate surface area is 56.1 Å². The van der Waals surface area contributed by atoms with E-state index in [1.54, 1.807) is 0 Å². The zero-order chi connectivity index (χ0) is 7.56. The van der Waals surface area contributed by atoms with Crippen LogP contribution in [-0.4, -0.2) is 31.5 Å². The van der Waals surface area contributed by atoms with Gasteiger partial charge in [0.2, 0.25) is 0 Å². The molecule has 1 heterocycles. The quantitative estimate of drug-likeness (QED) is 0.547. The highest BCUT2D eigenvalue weighted by Gasteiger charge is 2.33. The van der Waals surface area contributed by atoms with E-state index < -0.39 is 25.2 Å². The SMILES string of the molecule is FCC1[N][C]=NC1C(F)F. The van der Waals surface area contributed by atoms with E-state index >= 15 is 0 Å². The summed E-state index contributed by atoms with van der Waals surface area (Å²) in [6, 6.07) is -2.33. The molecule has 0 saturated heterocycles. The lowest BCUT2D eigenvalue weighted by molar-refractivity contribution is 0.102. The maximum absolute atomic E-state index is 11.8. The van der Waals surface area contributed by atoms with Crippen molar-refractivity contribution in [2.24, 2.45) is 4.99 Å². The third kappa shape index (κ3) is 1.22. The van der Waals surface area contributed by atoms with Crippen LogP contribution in [0.2, 0.25) is 0 Å². The van der Waals surface area contributed by atoms with Gasteiger partial charge >= 0.3 is 0 Å². The average Bonchev–Trinajstić information content (AvgIpc) is 2.33. The van der Waals surface area contributed by atoms with E-state index in [1.165, 1.54) is 0 Å². The minimum atomic E-state index is -2.64. The van der Waals surface area contributed by atoms with Crippen LogP contribution in [-0.2, 0) is 0 Å². The van der Waals surface area contributed by atoms with Crippen molar-refractivity contribution in [3.63, 3.8) is 0 Å². The second-order valence-corrected chi connectivity index (χ2v) is 1.90. The van der Waals surface area contributed by atoms with Crippen LogP contribution in [0.1, 0.15) is 0 Å². The first kappa shape index (κ1) is 7.37. The summed E-state index contributed by atoms with van der Waals surface area (Å²) in [6.07, 6.45) is -0.655. The molecule has 0 aliphatic carbocycles. The van der Waals surface area contributed by atoms with E-state index in [0.29, 0.717) is 0 Å². The van der Waals surface area contributed by atoms with Gasteiger partial charge in [0, 0.05) is 0 Å². The van der Waals surface area contributed by atoms with E-state index in [4.69, 9.17) is 0 Å². The Morgan fingerprint density at radius 1 is 1.50 bits per heavy atom. The summed E-state index contributed by atoms with van der Waals surface area (Å²) in [6.45, 7) is -0.897. The maximum Gasteiger partial charge on any atom is 0.262 e. The van der Waals surface area contributed by atoms with Crippen molar-refractivity contribution in [3.8, 4) is 0 Å². The van der Waals surface area contributed by atoms with Gasteiger partial charge in [-0.3, -0.25) is 10.3 Å². The van der Waals surface area contributed by atoms with E-state index in [1.807, 2.05) is 6.34 Å². The predicted molar refractivity (Wildman–Crippen MR) is 29.1 cm³/mol. The molecule has 1 aliphatic heterocycles. The molecule has 2 unspecified atom stereocenters. The summed E-state index contributed by atoms with van der Waals surface area (Å²) in [5, 5.41) is 3.29. The molecule has 10 heavy (non-hydrogen) atoms. The maximum atomic E-state index is 11.8. The molecule has 5 heteroatoms. The van der Waals surface area contributed by atoms with E-state index in [2.05, 4.69) is 10.3 Å². The smallest absolute Gasteiger partial charge is 0.255 e. The fourth-order valence-electron chi connectivity index (χ4n) is 0.687. The highest BCUT2D eigenvalue weighted by Crippen LogP contribution is 2.14. The van der Waals surface area contributed by atoms with Gasteiger partial charge in [0.25, 0.3) is 6.43 Å². The van der Waals surface area contributed by atoms with Gasteiger partial charge in [-0.15, -0.1) is 0 Å². The molecule has 0 aromatic heterocycles. The number of hydrogen-bond donors (Lipinski definition) is 0. The van der Waals surface area contributed by atoms with Gasteiger partial charge in [-0.1, -0.05) is 0 Å². The molecule has 0 spiro atoms. The van der Waals surface area contributed by atoms with E-state index in [-0.39, 0.29) is 0 Å². The fraction of sp³-hybridized carbons (Fsp3) is 0.800. The van der Waals surface area contributed by atoms with Crippen molar-refractivity contribution in [1.29, 1.82) is 0 Å². The van der Waals surface area contributed by atoms with E-state index in [0.717, 1.165) is 0 Å². The highest BCUT2D eigenvalue weighted by molar-refractivity contribution is 5.58. The van der Waals surface area contributed by atoms with Crippen molar-refractivity contribution >= 4 is 6.34 Å². The summed E-state index contributed by atoms with van der Waals surface area (Å²) in [4.78, 5) is 3.18. The standard InChI is InChI=1S/C5H5F3N2/c6-1-3-4(5(7)8)10-2-9-3/h3-5H,1H2. The van der Waals surface area contributed by atoms with Crippen molar-refractivity contribution in [3.05, 3.63) is 0 Å². The summed E-state index contributed by atoms with van der Waals surface area (Å²) >= 11 is 0. The number of rotatable bonds is 2. The lowest BCUT2D eigenvalue weighted by Crippen LogP contribution is -2.34. The second kappa shape index (κ2) is 2.90. The topological polar surface area (TPSA) is 26.5 Å². The van der Waals surface area contributed by atoms with Crippen molar-refractivity contribution in [1.82, 2.24) is 5.32 Å². The summed E-state index contributed by atoms with van der Waals surface area (Å²) in [7, 11) is 0. The van der Waals surface area contributed by atoms with Crippen molar-refractivity contribution < 1.29 is 13.2 Å². The summed E-state index contributed by atoms with van der Waals surface area (Å²) in [5.74, 6) is 0. The number of alkyl halides is 3. The average molecular weight is 150 g/mol. The molecule has 2 nitrogen and oxygen atoms in total. The molecule has 0 bridgehead atoms. The van der Waals surface area contributed by atoms with Gasteiger partial charge in [-0.25, -0.2) is 13.2 Å². The van der Waals surface area contributed by atoms with Gasteiger partial charge in [-0.05, 0) is 0 Å². The van der Waals surface area contributed by atoms with Crippen LogP contribution in [0.5, 0.6) is 0 Å². The lowest BCUT2D eigenvalue weighted by Gasteiger charge is -2.10. The van der Waals surface area contributed by atoms with Crippen molar-refractivity contribution in [2.75, 3.05) is 6.67 Å². The molecule has 0 saturated carbocycles. The number of aliphatic imine (C=N–C) groups is 1. The normalized spacial score (nSPS) is 31.2. The number of hydrogen-bond acceptors (Lipinski definition) is 1. The third-order valence-corrected chi connectivity index (χ3v) is 1.24. The first-order chi connectivity index (χ1) is 4.75. The molecule has 0 N–H and O–H groups in total. The first-order valence-electron chi connectivity index (χ1n) is 2.74. The van der Waals surface area contributed by atoms with Crippen LogP contribution in [0, 0.1) is 0 Å². The molecule has 0 fully saturated rings. The van der Waals surface area contributed by atoms with Crippen LogP contribution in [0.4, 0.5) is 13.2 Å². The van der Waals surface area contributed by atoms with Crippen LogP contribution in [0.3, 0.4) is 0 Å². The van der Waals surface area contributed by atoms with E-state index in [9.17, 15) is 13.2 Å². The van der Waals surface area contributed by atoms with Crippen LogP contribution < -0.4 is 5.32 Å². The first-order valence-corrected chi connectivity index (χ1v) is 2.74. The second-order valence-electron chi connectivity index (χ2n) is 1.90. The molecular weight excluding hydrogens is 145 g/mol. The molecule has 1 rings (SSSR count). The van der Waals surface area contributed by atoms with Crippen LogP contribution >= 0.6 is 0 Å². The monoisotopic (exact) mass is 150 g/mol. The Morgan fingerprint density at radius 2 is 2.20 bits per heavy atom.